The molecule has 3 aromatic carbocycles. The summed E-state index contributed by atoms with van der Waals surface area (Å²) in [6.45, 7) is 1.64. The molecular weight excluding hydrogens is 490 g/mol. The van der Waals surface area contributed by atoms with E-state index in [2.05, 4.69) is 5.32 Å². The molecule has 0 bridgehead atoms. The Morgan fingerprint density at radius 3 is 2.33 bits per heavy atom. The molecule has 6 nitrogen and oxygen atoms in total. The predicted molar refractivity (Wildman–Crippen MR) is 127 cm³/mol. The van der Waals surface area contributed by atoms with Crippen LogP contribution in [0.5, 0.6) is 5.75 Å². The lowest BCUT2D eigenvalue weighted by Gasteiger charge is -2.30. The molecule has 0 aliphatic heterocycles. The van der Waals surface area contributed by atoms with E-state index in [0.29, 0.717) is 15.1 Å². The molecule has 1 amide bonds. The molecule has 3 aromatic rings. The lowest BCUT2D eigenvalue weighted by molar-refractivity contribution is -0.121. The van der Waals surface area contributed by atoms with Crippen molar-refractivity contribution < 1.29 is 22.3 Å². The minimum absolute atomic E-state index is 0.116. The van der Waals surface area contributed by atoms with E-state index in [0.717, 1.165) is 12.1 Å². The van der Waals surface area contributed by atoms with Gasteiger partial charge in [-0.2, -0.15) is 0 Å². The number of para-hydroxylation sites is 1. The fourth-order valence-electron chi connectivity index (χ4n) is 3.04. The van der Waals surface area contributed by atoms with Gasteiger partial charge in [0.15, 0.2) is 0 Å². The molecule has 33 heavy (non-hydrogen) atoms. The van der Waals surface area contributed by atoms with Crippen LogP contribution in [0.4, 0.5) is 10.1 Å². The van der Waals surface area contributed by atoms with Gasteiger partial charge in [0.25, 0.3) is 10.0 Å². The fourth-order valence-corrected chi connectivity index (χ4v) is 4.95. The van der Waals surface area contributed by atoms with Crippen molar-refractivity contribution in [2.75, 3.05) is 17.5 Å². The van der Waals surface area contributed by atoms with Crippen LogP contribution in [-0.4, -0.2) is 33.5 Å². The summed E-state index contributed by atoms with van der Waals surface area (Å²) in [5.41, 5.74) is -0.347. The predicted octanol–water partition coefficient (Wildman–Crippen LogP) is 4.91. The summed E-state index contributed by atoms with van der Waals surface area (Å²) in [6.07, 6.45) is 0. The third-order valence-corrected chi connectivity index (χ3v) is 7.05. The van der Waals surface area contributed by atoms with Gasteiger partial charge in [-0.25, -0.2) is 12.8 Å². The number of anilines is 1. The normalized spacial score (nSPS) is 12.1. The van der Waals surface area contributed by atoms with Crippen molar-refractivity contribution in [3.05, 3.63) is 88.7 Å². The number of sulfonamides is 1. The largest absolute Gasteiger partial charge is 0.492 e. The highest BCUT2D eigenvalue weighted by molar-refractivity contribution is 7.93. The second-order valence-corrected chi connectivity index (χ2v) is 9.67. The third kappa shape index (κ3) is 6.16. The molecule has 0 radical (unpaired) electrons. The molecule has 0 fully saturated rings. The minimum Gasteiger partial charge on any atom is -0.492 e. The zero-order valence-corrected chi connectivity index (χ0v) is 19.9. The van der Waals surface area contributed by atoms with E-state index in [1.807, 2.05) is 18.2 Å². The monoisotopic (exact) mass is 510 g/mol. The maximum absolute atomic E-state index is 14.7. The van der Waals surface area contributed by atoms with E-state index in [9.17, 15) is 17.6 Å². The summed E-state index contributed by atoms with van der Waals surface area (Å²) < 4.78 is 47.8. The molecule has 0 heterocycles. The number of carbonyl (C=O) groups is 1. The first kappa shape index (κ1) is 24.8. The fraction of sp³-hybridized carbons (Fsp3) is 0.174. The number of amides is 1. The summed E-state index contributed by atoms with van der Waals surface area (Å²) in [5.74, 6) is -0.847. The van der Waals surface area contributed by atoms with Crippen molar-refractivity contribution in [3.8, 4) is 5.75 Å². The van der Waals surface area contributed by atoms with Gasteiger partial charge in [-0.15, -0.1) is 0 Å². The number of nitrogens with one attached hydrogen (secondary N) is 1. The zero-order valence-electron chi connectivity index (χ0n) is 17.5. The lowest BCUT2D eigenvalue weighted by Crippen LogP contribution is -2.49. The number of halogens is 3. The lowest BCUT2D eigenvalue weighted by atomic mass is 10.2. The quantitative estimate of drug-likeness (QED) is 0.415. The van der Waals surface area contributed by atoms with Crippen molar-refractivity contribution in [3.63, 3.8) is 0 Å². The SMILES string of the molecule is CC(C(=O)NCCOc1ccccc1)N(c1cc(Cl)ccc1F)S(=O)(=O)c1ccc(Cl)cc1. The van der Waals surface area contributed by atoms with E-state index in [1.165, 1.54) is 37.3 Å². The molecule has 10 heteroatoms. The standard InChI is InChI=1S/C23H21Cl2FN2O4S/c1-16(23(29)27-13-14-32-19-5-3-2-4-6-19)28(22-15-18(25)9-12-21(22)26)33(30,31)20-10-7-17(24)8-11-20/h2-12,15-16H,13-14H2,1H3,(H,27,29). The smallest absolute Gasteiger partial charge is 0.265 e. The van der Waals surface area contributed by atoms with E-state index in [4.69, 9.17) is 27.9 Å². The minimum atomic E-state index is -4.34. The van der Waals surface area contributed by atoms with Crippen LogP contribution >= 0.6 is 23.2 Å². The summed E-state index contributed by atoms with van der Waals surface area (Å²) in [6, 6.07) is 16.6. The summed E-state index contributed by atoms with van der Waals surface area (Å²) in [7, 11) is -4.34. The second-order valence-electron chi connectivity index (χ2n) is 6.98. The van der Waals surface area contributed by atoms with Crippen LogP contribution in [0.2, 0.25) is 10.0 Å². The molecule has 1 N–H and O–H groups in total. The van der Waals surface area contributed by atoms with E-state index in [1.54, 1.807) is 12.1 Å². The number of hydrogen-bond donors (Lipinski definition) is 1. The molecule has 174 valence electrons. The Labute approximate surface area is 201 Å². The highest BCUT2D eigenvalue weighted by atomic mass is 35.5. The van der Waals surface area contributed by atoms with Crippen LogP contribution in [0.3, 0.4) is 0 Å². The number of benzene rings is 3. The van der Waals surface area contributed by atoms with Gasteiger partial charge in [0.05, 0.1) is 17.1 Å². The van der Waals surface area contributed by atoms with Gasteiger partial charge in [-0.1, -0.05) is 41.4 Å². The highest BCUT2D eigenvalue weighted by Gasteiger charge is 2.35. The van der Waals surface area contributed by atoms with Gasteiger partial charge in [-0.05, 0) is 61.5 Å². The second kappa shape index (κ2) is 10.9. The first-order valence-electron chi connectivity index (χ1n) is 9.91. The van der Waals surface area contributed by atoms with Crippen LogP contribution in [0.25, 0.3) is 0 Å². The van der Waals surface area contributed by atoms with Crippen LogP contribution in [0.15, 0.2) is 77.7 Å². The molecule has 0 spiro atoms. The van der Waals surface area contributed by atoms with Gasteiger partial charge in [-0.3, -0.25) is 9.10 Å². The third-order valence-electron chi connectivity index (χ3n) is 4.66. The van der Waals surface area contributed by atoms with Crippen LogP contribution in [0.1, 0.15) is 6.92 Å². The molecule has 0 aliphatic rings. The zero-order chi connectivity index (χ0) is 24.0. The number of ether oxygens (including phenoxy) is 1. The number of carbonyl (C=O) groups excluding carboxylic acids is 1. The Kier molecular flexibility index (Phi) is 8.18. The average Bonchev–Trinajstić information content (AvgIpc) is 2.79. The molecule has 0 aliphatic carbocycles. The van der Waals surface area contributed by atoms with Crippen molar-refractivity contribution in [1.29, 1.82) is 0 Å². The summed E-state index contributed by atoms with van der Waals surface area (Å²) >= 11 is 11.9. The van der Waals surface area contributed by atoms with Crippen molar-refractivity contribution >= 4 is 44.8 Å². The van der Waals surface area contributed by atoms with E-state index >= 15 is 0 Å². The van der Waals surface area contributed by atoms with Gasteiger partial charge in [0.1, 0.15) is 24.2 Å². The average molecular weight is 511 g/mol. The van der Waals surface area contributed by atoms with Crippen molar-refractivity contribution in [2.24, 2.45) is 0 Å². The van der Waals surface area contributed by atoms with E-state index < -0.39 is 27.8 Å². The topological polar surface area (TPSA) is 75.7 Å². The Morgan fingerprint density at radius 1 is 1.03 bits per heavy atom. The molecule has 1 atom stereocenters. The summed E-state index contributed by atoms with van der Waals surface area (Å²) in [5, 5.41) is 3.07. The van der Waals surface area contributed by atoms with Gasteiger partial charge in [0.2, 0.25) is 5.91 Å². The first-order chi connectivity index (χ1) is 15.7. The van der Waals surface area contributed by atoms with Gasteiger partial charge < -0.3 is 10.1 Å². The number of rotatable bonds is 9. The summed E-state index contributed by atoms with van der Waals surface area (Å²) in [4.78, 5) is 12.7. The van der Waals surface area contributed by atoms with E-state index in [-0.39, 0.29) is 28.8 Å². The molecule has 0 saturated carbocycles. The number of hydrogen-bond acceptors (Lipinski definition) is 4. The molecule has 0 saturated heterocycles. The number of nitrogens with zero attached hydrogens (tertiary/aromatic N) is 1. The maximum Gasteiger partial charge on any atom is 0.265 e. The van der Waals surface area contributed by atoms with Crippen molar-refractivity contribution in [1.82, 2.24) is 5.32 Å². The molecular formula is C23H21Cl2FN2O4S. The molecule has 0 aromatic heterocycles. The van der Waals surface area contributed by atoms with Crippen molar-refractivity contribution in [2.45, 2.75) is 17.9 Å². The highest BCUT2D eigenvalue weighted by Crippen LogP contribution is 2.31. The van der Waals surface area contributed by atoms with Crippen LogP contribution < -0.4 is 14.4 Å². The Bertz CT molecular complexity index is 1210. The van der Waals surface area contributed by atoms with Crippen LogP contribution in [0, 0.1) is 5.82 Å². The van der Waals surface area contributed by atoms with Gasteiger partial charge >= 0.3 is 0 Å². The maximum atomic E-state index is 14.7. The van der Waals surface area contributed by atoms with Gasteiger partial charge in [0, 0.05) is 10.0 Å². The molecule has 3 rings (SSSR count). The first-order valence-corrected chi connectivity index (χ1v) is 12.1. The Morgan fingerprint density at radius 2 is 1.67 bits per heavy atom. The van der Waals surface area contributed by atoms with Crippen LogP contribution in [-0.2, 0) is 14.8 Å². The Balaban J connectivity index is 1.84. The Hall–Kier alpha value is -2.81. The molecule has 1 unspecified atom stereocenters.